The summed E-state index contributed by atoms with van der Waals surface area (Å²) in [4.78, 5) is 39.9. The average Bonchev–Trinajstić information content (AvgIpc) is 3.27. The molecule has 0 aromatic carbocycles. The first-order valence-electron chi connectivity index (χ1n) is 11.5. The van der Waals surface area contributed by atoms with Crippen LogP contribution in [0.4, 0.5) is 0 Å². The summed E-state index contributed by atoms with van der Waals surface area (Å²) in [7, 11) is 0. The van der Waals surface area contributed by atoms with E-state index in [4.69, 9.17) is 4.52 Å². The van der Waals surface area contributed by atoms with Gasteiger partial charge in [-0.2, -0.15) is 4.98 Å². The van der Waals surface area contributed by atoms with Crippen molar-refractivity contribution in [2.45, 2.75) is 33.1 Å². The van der Waals surface area contributed by atoms with E-state index in [2.05, 4.69) is 33.9 Å². The third kappa shape index (κ3) is 5.70. The maximum Gasteiger partial charge on any atom is 0.236 e. The lowest BCUT2D eigenvalue weighted by Crippen LogP contribution is -2.53. The van der Waals surface area contributed by atoms with E-state index < -0.39 is 0 Å². The minimum absolute atomic E-state index is 0.0762. The van der Waals surface area contributed by atoms with Crippen molar-refractivity contribution < 1.29 is 14.1 Å². The van der Waals surface area contributed by atoms with Crippen molar-refractivity contribution in [2.75, 3.05) is 45.8 Å². The van der Waals surface area contributed by atoms with Gasteiger partial charge in [-0.25, -0.2) is 0 Å². The van der Waals surface area contributed by atoms with Gasteiger partial charge in [0.05, 0.1) is 6.54 Å². The Morgan fingerprint density at radius 2 is 1.78 bits per heavy atom. The first kappa shape index (κ1) is 22.4. The van der Waals surface area contributed by atoms with Crippen LogP contribution in [0.3, 0.4) is 0 Å². The van der Waals surface area contributed by atoms with Gasteiger partial charge >= 0.3 is 0 Å². The van der Waals surface area contributed by atoms with Crippen LogP contribution in [0.2, 0.25) is 0 Å². The monoisotopic (exact) mass is 440 g/mol. The predicted octanol–water partition coefficient (Wildman–Crippen LogP) is 1.71. The van der Waals surface area contributed by atoms with Gasteiger partial charge in [-0.05, 0) is 30.4 Å². The normalized spacial score (nSPS) is 22.2. The Bertz CT molecular complexity index is 899. The number of rotatable bonds is 6. The van der Waals surface area contributed by atoms with E-state index in [0.717, 1.165) is 26.2 Å². The molecule has 2 aliphatic heterocycles. The Kier molecular flexibility index (Phi) is 7.14. The molecule has 4 heterocycles. The number of piperidine rings is 1. The number of aromatic nitrogens is 3. The molecule has 9 heteroatoms. The van der Waals surface area contributed by atoms with E-state index in [1.165, 1.54) is 6.42 Å². The minimum Gasteiger partial charge on any atom is -0.341 e. The zero-order chi connectivity index (χ0) is 22.5. The van der Waals surface area contributed by atoms with E-state index >= 15 is 0 Å². The number of hydrogen-bond donors (Lipinski definition) is 0. The Labute approximate surface area is 188 Å². The number of pyridine rings is 1. The molecule has 2 aliphatic rings. The standard InChI is InChI=1S/C23H32N6O3/c1-17-13-18(2)15-29(14-17)22(31)16-27-9-11-28(12-10-27)21(30)7-6-20-25-23(26-32-20)19-5-3-4-8-24-19/h3-5,8,17-18H,6-7,9-16H2,1-2H3. The number of aryl methyl sites for hydroxylation is 1. The summed E-state index contributed by atoms with van der Waals surface area (Å²) < 4.78 is 5.27. The molecule has 4 rings (SSSR count). The van der Waals surface area contributed by atoms with Gasteiger partial charge in [0, 0.05) is 58.3 Å². The van der Waals surface area contributed by atoms with Crippen molar-refractivity contribution in [3.8, 4) is 11.5 Å². The smallest absolute Gasteiger partial charge is 0.236 e. The van der Waals surface area contributed by atoms with Gasteiger partial charge in [-0.15, -0.1) is 0 Å². The highest BCUT2D eigenvalue weighted by Crippen LogP contribution is 2.21. The Balaban J connectivity index is 1.19. The molecule has 2 aromatic rings. The summed E-state index contributed by atoms with van der Waals surface area (Å²) in [6.07, 6.45) is 3.60. The molecule has 0 radical (unpaired) electrons. The largest absolute Gasteiger partial charge is 0.341 e. The van der Waals surface area contributed by atoms with Crippen molar-refractivity contribution >= 4 is 11.8 Å². The highest BCUT2D eigenvalue weighted by molar-refractivity contribution is 5.79. The molecule has 2 aromatic heterocycles. The zero-order valence-corrected chi connectivity index (χ0v) is 18.9. The van der Waals surface area contributed by atoms with E-state index in [1.54, 1.807) is 6.20 Å². The fraction of sp³-hybridized carbons (Fsp3) is 0.609. The average molecular weight is 441 g/mol. The zero-order valence-electron chi connectivity index (χ0n) is 18.9. The molecule has 0 saturated carbocycles. The minimum atomic E-state index is 0.0762. The summed E-state index contributed by atoms with van der Waals surface area (Å²) in [5.74, 6) is 2.29. The van der Waals surface area contributed by atoms with E-state index in [-0.39, 0.29) is 11.8 Å². The number of piperazine rings is 1. The van der Waals surface area contributed by atoms with Gasteiger partial charge in [0.25, 0.3) is 0 Å². The second kappa shape index (κ2) is 10.2. The Morgan fingerprint density at radius 3 is 2.47 bits per heavy atom. The van der Waals surface area contributed by atoms with Gasteiger partial charge < -0.3 is 14.3 Å². The summed E-state index contributed by atoms with van der Waals surface area (Å²) >= 11 is 0. The van der Waals surface area contributed by atoms with Crippen molar-refractivity contribution in [3.05, 3.63) is 30.3 Å². The predicted molar refractivity (Wildman–Crippen MR) is 118 cm³/mol. The third-order valence-electron chi connectivity index (χ3n) is 6.22. The Hall–Kier alpha value is -2.81. The van der Waals surface area contributed by atoms with Crippen molar-refractivity contribution in [3.63, 3.8) is 0 Å². The molecule has 9 nitrogen and oxygen atoms in total. The lowest BCUT2D eigenvalue weighted by Gasteiger charge is -2.38. The van der Waals surface area contributed by atoms with Gasteiger partial charge in [0.15, 0.2) is 0 Å². The molecule has 172 valence electrons. The topological polar surface area (TPSA) is 95.7 Å². The van der Waals surface area contributed by atoms with Crippen LogP contribution in [0.1, 0.15) is 32.6 Å². The van der Waals surface area contributed by atoms with Crippen LogP contribution in [0.15, 0.2) is 28.9 Å². The molecule has 2 unspecified atom stereocenters. The summed E-state index contributed by atoms with van der Waals surface area (Å²) in [6, 6.07) is 5.51. The van der Waals surface area contributed by atoms with Gasteiger partial charge in [0.2, 0.25) is 23.5 Å². The van der Waals surface area contributed by atoms with Crippen molar-refractivity contribution in [1.29, 1.82) is 0 Å². The maximum absolute atomic E-state index is 12.7. The highest BCUT2D eigenvalue weighted by Gasteiger charge is 2.28. The molecule has 32 heavy (non-hydrogen) atoms. The molecule has 0 spiro atoms. The highest BCUT2D eigenvalue weighted by atomic mass is 16.5. The van der Waals surface area contributed by atoms with Crippen LogP contribution in [-0.2, 0) is 16.0 Å². The summed E-state index contributed by atoms with van der Waals surface area (Å²) in [5, 5.41) is 3.95. The first-order chi connectivity index (χ1) is 15.5. The van der Waals surface area contributed by atoms with Crippen LogP contribution < -0.4 is 0 Å². The number of carbonyl (C=O) groups excluding carboxylic acids is 2. The molecular weight excluding hydrogens is 408 g/mol. The second-order valence-electron chi connectivity index (χ2n) is 9.13. The van der Waals surface area contributed by atoms with E-state index in [9.17, 15) is 9.59 Å². The van der Waals surface area contributed by atoms with Crippen LogP contribution in [0, 0.1) is 11.8 Å². The molecular formula is C23H32N6O3. The number of likely N-dealkylation sites (tertiary alicyclic amines) is 1. The van der Waals surface area contributed by atoms with Gasteiger partial charge in [-0.1, -0.05) is 25.1 Å². The molecule has 2 atom stereocenters. The fourth-order valence-corrected chi connectivity index (χ4v) is 4.64. The molecule has 2 saturated heterocycles. The second-order valence-corrected chi connectivity index (χ2v) is 9.13. The fourth-order valence-electron chi connectivity index (χ4n) is 4.64. The third-order valence-corrected chi connectivity index (χ3v) is 6.22. The number of amides is 2. The first-order valence-corrected chi connectivity index (χ1v) is 11.5. The summed E-state index contributed by atoms with van der Waals surface area (Å²) in [5.41, 5.74) is 0.646. The van der Waals surface area contributed by atoms with E-state index in [0.29, 0.717) is 61.7 Å². The van der Waals surface area contributed by atoms with Crippen molar-refractivity contribution in [1.82, 2.24) is 29.8 Å². The molecule has 0 N–H and O–H groups in total. The molecule has 0 aliphatic carbocycles. The quantitative estimate of drug-likeness (QED) is 0.675. The number of hydrogen-bond acceptors (Lipinski definition) is 7. The summed E-state index contributed by atoms with van der Waals surface area (Å²) in [6.45, 7) is 9.33. The van der Waals surface area contributed by atoms with Crippen molar-refractivity contribution in [2.24, 2.45) is 11.8 Å². The van der Waals surface area contributed by atoms with Crippen LogP contribution in [0.5, 0.6) is 0 Å². The molecule has 2 amide bonds. The Morgan fingerprint density at radius 1 is 1.03 bits per heavy atom. The SMILES string of the molecule is CC1CC(C)CN(C(=O)CN2CCN(C(=O)CCc3nc(-c4ccccn4)no3)CC2)C1. The number of carbonyl (C=O) groups is 2. The number of nitrogens with zero attached hydrogens (tertiary/aromatic N) is 6. The van der Waals surface area contributed by atoms with Crippen LogP contribution in [0.25, 0.3) is 11.5 Å². The molecule has 0 bridgehead atoms. The van der Waals surface area contributed by atoms with Crippen LogP contribution >= 0.6 is 0 Å². The van der Waals surface area contributed by atoms with E-state index in [1.807, 2.05) is 28.0 Å². The van der Waals surface area contributed by atoms with Gasteiger partial charge in [-0.3, -0.25) is 19.5 Å². The lowest BCUT2D eigenvalue weighted by atomic mass is 9.92. The molecule has 2 fully saturated rings. The van der Waals surface area contributed by atoms with Crippen LogP contribution in [-0.4, -0.2) is 87.5 Å². The lowest BCUT2D eigenvalue weighted by molar-refractivity contribution is -0.136. The van der Waals surface area contributed by atoms with Gasteiger partial charge in [0.1, 0.15) is 5.69 Å². The maximum atomic E-state index is 12.7.